The molecule has 3 N–H and O–H groups in total. The molecule has 2 aromatic rings. The quantitative estimate of drug-likeness (QED) is 0.217. The van der Waals surface area contributed by atoms with Gasteiger partial charge in [-0.2, -0.15) is 0 Å². The second-order valence-electron chi connectivity index (χ2n) is 7.48. The number of nitrogens with zero attached hydrogens (tertiary/aromatic N) is 1. The van der Waals surface area contributed by atoms with Crippen LogP contribution >= 0.6 is 24.0 Å². The average molecular weight is 575 g/mol. The molecule has 0 amide bonds. The molecule has 2 rings (SSSR count). The van der Waals surface area contributed by atoms with Crippen LogP contribution in [0.4, 0.5) is 0 Å². The van der Waals surface area contributed by atoms with Crippen LogP contribution in [0.2, 0.25) is 0 Å². The molecule has 9 heteroatoms. The minimum Gasteiger partial charge on any atom is -0.496 e. The van der Waals surface area contributed by atoms with E-state index in [9.17, 15) is 8.42 Å². The first-order valence-corrected chi connectivity index (χ1v) is 12.2. The lowest BCUT2D eigenvalue weighted by atomic mass is 10.1. The minimum absolute atomic E-state index is 0. The van der Waals surface area contributed by atoms with Crippen molar-refractivity contribution in [3.05, 3.63) is 65.2 Å². The molecular formula is C23H35IN4O3S. The summed E-state index contributed by atoms with van der Waals surface area (Å²) in [4.78, 5) is 4.66. The second kappa shape index (κ2) is 14.3. The summed E-state index contributed by atoms with van der Waals surface area (Å²) in [6.07, 6.45) is 0.796. The summed E-state index contributed by atoms with van der Waals surface area (Å²) in [7, 11) is -1.73. The normalized spacial score (nSPS) is 11.7. The lowest BCUT2D eigenvalue weighted by molar-refractivity contribution is 0.409. The van der Waals surface area contributed by atoms with E-state index in [0.717, 1.165) is 35.4 Å². The first kappa shape index (κ1) is 28.2. The number of ether oxygens (including phenoxy) is 1. The minimum atomic E-state index is -3.40. The Morgan fingerprint density at radius 3 is 2.25 bits per heavy atom. The molecule has 0 saturated carbocycles. The van der Waals surface area contributed by atoms with Gasteiger partial charge in [-0.3, -0.25) is 0 Å². The fourth-order valence-corrected chi connectivity index (χ4v) is 4.68. The number of halogens is 1. The zero-order valence-electron chi connectivity index (χ0n) is 19.2. The molecule has 0 bridgehead atoms. The Labute approximate surface area is 209 Å². The Bertz CT molecular complexity index is 965. The number of sulfonamides is 1. The van der Waals surface area contributed by atoms with E-state index in [4.69, 9.17) is 4.74 Å². The molecule has 0 aliphatic rings. The van der Waals surface area contributed by atoms with Gasteiger partial charge in [-0.1, -0.05) is 42.5 Å². The number of hydrogen-bond acceptors (Lipinski definition) is 4. The third-order valence-corrected chi connectivity index (χ3v) is 6.03. The fraction of sp³-hybridized carbons (Fsp3) is 0.435. The molecule has 0 saturated heterocycles. The molecule has 7 nitrogen and oxygen atoms in total. The van der Waals surface area contributed by atoms with Crippen LogP contribution in [-0.2, 0) is 28.7 Å². The third kappa shape index (κ3) is 9.74. The molecule has 0 aliphatic carbocycles. The highest BCUT2D eigenvalue weighted by Crippen LogP contribution is 2.17. The molecule has 2 aromatic carbocycles. The van der Waals surface area contributed by atoms with Gasteiger partial charge in [0.1, 0.15) is 5.75 Å². The predicted molar refractivity (Wildman–Crippen MR) is 142 cm³/mol. The summed E-state index contributed by atoms with van der Waals surface area (Å²) in [5.74, 6) is 1.50. The van der Waals surface area contributed by atoms with Crippen molar-refractivity contribution >= 4 is 40.0 Å². The molecule has 0 heterocycles. The zero-order valence-corrected chi connectivity index (χ0v) is 22.4. The smallest absolute Gasteiger partial charge is 0.216 e. The molecule has 0 spiro atoms. The van der Waals surface area contributed by atoms with Gasteiger partial charge in [-0.15, -0.1) is 24.0 Å². The van der Waals surface area contributed by atoms with E-state index in [1.54, 1.807) is 7.11 Å². The standard InChI is InChI=1S/C23H34N4O3S.HI/c1-5-24-23(25-15-14-19-10-8-9-13-22(19)30-4)26-16-20-11-6-7-12-21(20)17-31(28,29)27-18(2)3;/h6-13,18,27H,5,14-17H2,1-4H3,(H2,24,25,26);1H. The number of aliphatic imine (C=N–C) groups is 1. The van der Waals surface area contributed by atoms with Gasteiger partial charge in [-0.05, 0) is 49.9 Å². The van der Waals surface area contributed by atoms with Crippen molar-refractivity contribution in [3.8, 4) is 5.75 Å². The summed E-state index contributed by atoms with van der Waals surface area (Å²) in [5.41, 5.74) is 2.77. The Kier molecular flexibility index (Phi) is 12.6. The highest BCUT2D eigenvalue weighted by Gasteiger charge is 2.15. The van der Waals surface area contributed by atoms with Crippen molar-refractivity contribution in [2.45, 2.75) is 45.5 Å². The molecule has 0 aliphatic heterocycles. The summed E-state index contributed by atoms with van der Waals surface area (Å²) >= 11 is 0. The molecule has 0 aromatic heterocycles. The maximum Gasteiger partial charge on any atom is 0.216 e. The molecule has 32 heavy (non-hydrogen) atoms. The summed E-state index contributed by atoms with van der Waals surface area (Å²) in [6, 6.07) is 15.3. The van der Waals surface area contributed by atoms with Crippen LogP contribution < -0.4 is 20.1 Å². The fourth-order valence-electron chi connectivity index (χ4n) is 3.19. The maximum absolute atomic E-state index is 12.3. The van der Waals surface area contributed by atoms with Crippen molar-refractivity contribution in [1.29, 1.82) is 0 Å². The Balaban J connectivity index is 0.00000512. The average Bonchev–Trinajstić information content (AvgIpc) is 2.72. The van der Waals surface area contributed by atoms with Crippen LogP contribution in [0.3, 0.4) is 0 Å². The van der Waals surface area contributed by atoms with Crippen molar-refractivity contribution in [1.82, 2.24) is 15.4 Å². The molecular weight excluding hydrogens is 539 g/mol. The second-order valence-corrected chi connectivity index (χ2v) is 9.24. The van der Waals surface area contributed by atoms with Gasteiger partial charge in [0.2, 0.25) is 10.0 Å². The number of benzene rings is 2. The van der Waals surface area contributed by atoms with Crippen molar-refractivity contribution in [3.63, 3.8) is 0 Å². The Morgan fingerprint density at radius 2 is 1.62 bits per heavy atom. The highest BCUT2D eigenvalue weighted by atomic mass is 127. The number of methoxy groups -OCH3 is 1. The van der Waals surface area contributed by atoms with Gasteiger partial charge in [-0.25, -0.2) is 18.1 Å². The monoisotopic (exact) mass is 574 g/mol. The van der Waals surface area contributed by atoms with Crippen LogP contribution in [0.1, 0.15) is 37.5 Å². The Morgan fingerprint density at radius 1 is 1.00 bits per heavy atom. The van der Waals surface area contributed by atoms with E-state index in [2.05, 4.69) is 20.3 Å². The molecule has 178 valence electrons. The summed E-state index contributed by atoms with van der Waals surface area (Å²) < 4.78 is 32.7. The van der Waals surface area contributed by atoms with Gasteiger partial charge in [0.25, 0.3) is 0 Å². The largest absolute Gasteiger partial charge is 0.496 e. The number of rotatable bonds is 11. The predicted octanol–water partition coefficient (Wildman–Crippen LogP) is 3.44. The summed E-state index contributed by atoms with van der Waals surface area (Å²) in [6.45, 7) is 7.45. The highest BCUT2D eigenvalue weighted by molar-refractivity contribution is 14.0. The van der Waals surface area contributed by atoms with Gasteiger partial charge in [0, 0.05) is 19.1 Å². The Hall–Kier alpha value is -1.85. The van der Waals surface area contributed by atoms with Gasteiger partial charge < -0.3 is 15.4 Å². The molecule has 0 radical (unpaired) electrons. The van der Waals surface area contributed by atoms with Crippen LogP contribution in [0.5, 0.6) is 5.75 Å². The van der Waals surface area contributed by atoms with Crippen molar-refractivity contribution < 1.29 is 13.2 Å². The van der Waals surface area contributed by atoms with Gasteiger partial charge in [0.15, 0.2) is 5.96 Å². The van der Waals surface area contributed by atoms with Crippen LogP contribution in [0, 0.1) is 0 Å². The first-order chi connectivity index (χ1) is 14.8. The van der Waals surface area contributed by atoms with E-state index in [0.29, 0.717) is 19.0 Å². The first-order valence-electron chi connectivity index (χ1n) is 10.6. The molecule has 0 fully saturated rings. The molecule has 0 atom stereocenters. The summed E-state index contributed by atoms with van der Waals surface area (Å²) in [5, 5.41) is 6.58. The van der Waals surface area contributed by atoms with E-state index in [1.165, 1.54) is 0 Å². The van der Waals surface area contributed by atoms with E-state index in [-0.39, 0.29) is 35.8 Å². The van der Waals surface area contributed by atoms with Crippen LogP contribution in [-0.4, -0.2) is 40.6 Å². The van der Waals surface area contributed by atoms with Gasteiger partial charge in [0.05, 0.1) is 19.4 Å². The SMILES string of the molecule is CCNC(=NCc1ccccc1CS(=O)(=O)NC(C)C)NCCc1ccccc1OC.I. The lowest BCUT2D eigenvalue weighted by Crippen LogP contribution is -2.38. The molecule has 0 unspecified atom stereocenters. The van der Waals surface area contributed by atoms with Crippen molar-refractivity contribution in [2.24, 2.45) is 4.99 Å². The number of hydrogen-bond donors (Lipinski definition) is 3. The van der Waals surface area contributed by atoms with E-state index >= 15 is 0 Å². The number of guanidine groups is 1. The van der Waals surface area contributed by atoms with Gasteiger partial charge >= 0.3 is 0 Å². The zero-order chi connectivity index (χ0) is 22.7. The van der Waals surface area contributed by atoms with E-state index < -0.39 is 10.0 Å². The number of nitrogens with one attached hydrogen (secondary N) is 3. The maximum atomic E-state index is 12.3. The van der Waals surface area contributed by atoms with Crippen molar-refractivity contribution in [2.75, 3.05) is 20.2 Å². The number of para-hydroxylation sites is 1. The lowest BCUT2D eigenvalue weighted by Gasteiger charge is -2.14. The third-order valence-electron chi connectivity index (χ3n) is 4.51. The topological polar surface area (TPSA) is 91.8 Å². The van der Waals surface area contributed by atoms with E-state index in [1.807, 2.05) is 69.3 Å². The van der Waals surface area contributed by atoms with Crippen LogP contribution in [0.15, 0.2) is 53.5 Å². The van der Waals surface area contributed by atoms with Crippen LogP contribution in [0.25, 0.3) is 0 Å².